The zero-order chi connectivity index (χ0) is 13.2. The number of hydrazine groups is 1. The average Bonchev–Trinajstić information content (AvgIpc) is 2.79. The summed E-state index contributed by atoms with van der Waals surface area (Å²) in [6.07, 6.45) is 3.40. The molecule has 8 nitrogen and oxygen atoms in total. The van der Waals surface area contributed by atoms with E-state index in [1.54, 1.807) is 18.5 Å². The van der Waals surface area contributed by atoms with Gasteiger partial charge in [-0.25, -0.2) is 10.5 Å². The van der Waals surface area contributed by atoms with Crippen molar-refractivity contribution in [3.05, 3.63) is 18.5 Å². The molecule has 18 heavy (non-hydrogen) atoms. The fraction of sp³-hybridized carbons (Fsp3) is 0.400. The molecule has 0 radical (unpaired) electrons. The molecule has 8 heteroatoms. The summed E-state index contributed by atoms with van der Waals surface area (Å²) in [5.74, 6) is 6.46. The lowest BCUT2D eigenvalue weighted by molar-refractivity contribution is 0.623. The van der Waals surface area contributed by atoms with Gasteiger partial charge in [0.05, 0.1) is 0 Å². The third kappa shape index (κ3) is 2.92. The smallest absolute Gasteiger partial charge is 0.257 e. The molecule has 96 valence electrons. The van der Waals surface area contributed by atoms with E-state index in [1.165, 1.54) is 4.68 Å². The van der Waals surface area contributed by atoms with Gasteiger partial charge in [-0.15, -0.1) is 0 Å². The fourth-order valence-electron chi connectivity index (χ4n) is 1.31. The molecule has 0 saturated heterocycles. The minimum Gasteiger partial charge on any atom is -0.349 e. The van der Waals surface area contributed by atoms with Crippen LogP contribution in [0.1, 0.15) is 20.8 Å². The van der Waals surface area contributed by atoms with Crippen LogP contribution in [-0.4, -0.2) is 30.3 Å². The summed E-state index contributed by atoms with van der Waals surface area (Å²) < 4.78 is 1.54. The summed E-state index contributed by atoms with van der Waals surface area (Å²) in [5.41, 5.74) is 2.25. The standard InChI is InChI=1S/C10H16N8/c1-10(2,3)16-7-13-8(17-11)15-9(14-7)18-6-4-5-12-18/h4-6H,11H2,1-3H3,(H2,13,14,15,16,17). The van der Waals surface area contributed by atoms with Gasteiger partial charge in [0.15, 0.2) is 0 Å². The first-order valence-electron chi connectivity index (χ1n) is 5.49. The topological polar surface area (TPSA) is 107 Å². The minimum absolute atomic E-state index is 0.158. The lowest BCUT2D eigenvalue weighted by Crippen LogP contribution is -2.28. The Balaban J connectivity index is 2.39. The summed E-state index contributed by atoms with van der Waals surface area (Å²) in [4.78, 5) is 12.5. The van der Waals surface area contributed by atoms with Crippen LogP contribution in [-0.2, 0) is 0 Å². The largest absolute Gasteiger partial charge is 0.349 e. The quantitative estimate of drug-likeness (QED) is 0.538. The van der Waals surface area contributed by atoms with Crippen LogP contribution < -0.4 is 16.6 Å². The first kappa shape index (κ1) is 12.2. The molecule has 0 saturated carbocycles. The first-order chi connectivity index (χ1) is 8.48. The highest BCUT2D eigenvalue weighted by Gasteiger charge is 2.14. The molecule has 0 fully saturated rings. The second-order valence-corrected chi connectivity index (χ2v) is 4.75. The molecule has 0 aliphatic heterocycles. The molecular weight excluding hydrogens is 232 g/mol. The Labute approximate surface area is 105 Å². The number of nitrogens with zero attached hydrogens (tertiary/aromatic N) is 5. The van der Waals surface area contributed by atoms with Crippen LogP contribution in [0.15, 0.2) is 18.5 Å². The Hall–Kier alpha value is -2.22. The van der Waals surface area contributed by atoms with Gasteiger partial charge in [-0.2, -0.15) is 20.1 Å². The zero-order valence-electron chi connectivity index (χ0n) is 10.5. The van der Waals surface area contributed by atoms with Crippen LogP contribution in [0.4, 0.5) is 11.9 Å². The molecule has 0 atom stereocenters. The molecule has 0 unspecified atom stereocenters. The van der Waals surface area contributed by atoms with Gasteiger partial charge in [0.2, 0.25) is 11.9 Å². The van der Waals surface area contributed by atoms with E-state index in [9.17, 15) is 0 Å². The van der Waals surface area contributed by atoms with E-state index in [0.29, 0.717) is 11.9 Å². The van der Waals surface area contributed by atoms with E-state index in [-0.39, 0.29) is 11.5 Å². The van der Waals surface area contributed by atoms with Crippen molar-refractivity contribution in [1.82, 2.24) is 24.7 Å². The minimum atomic E-state index is -0.158. The molecule has 0 amide bonds. The van der Waals surface area contributed by atoms with Crippen molar-refractivity contribution < 1.29 is 0 Å². The zero-order valence-corrected chi connectivity index (χ0v) is 10.5. The molecule has 0 aliphatic rings. The van der Waals surface area contributed by atoms with E-state index in [4.69, 9.17) is 5.84 Å². The van der Waals surface area contributed by atoms with Crippen molar-refractivity contribution in [3.63, 3.8) is 0 Å². The van der Waals surface area contributed by atoms with Crippen LogP contribution in [0.5, 0.6) is 0 Å². The summed E-state index contributed by atoms with van der Waals surface area (Å²) in [6.45, 7) is 6.04. The van der Waals surface area contributed by atoms with Gasteiger partial charge in [-0.3, -0.25) is 5.43 Å². The highest BCUT2D eigenvalue weighted by atomic mass is 15.4. The number of aromatic nitrogens is 5. The summed E-state index contributed by atoms with van der Waals surface area (Å²) in [7, 11) is 0. The monoisotopic (exact) mass is 248 g/mol. The van der Waals surface area contributed by atoms with Crippen LogP contribution in [0.3, 0.4) is 0 Å². The third-order valence-corrected chi connectivity index (χ3v) is 1.95. The van der Waals surface area contributed by atoms with Gasteiger partial charge in [0.1, 0.15) is 0 Å². The first-order valence-corrected chi connectivity index (χ1v) is 5.49. The van der Waals surface area contributed by atoms with Crippen molar-refractivity contribution in [2.45, 2.75) is 26.3 Å². The Morgan fingerprint density at radius 3 is 2.44 bits per heavy atom. The molecule has 4 N–H and O–H groups in total. The maximum absolute atomic E-state index is 5.34. The van der Waals surface area contributed by atoms with Gasteiger partial charge in [-0.1, -0.05) is 0 Å². The van der Waals surface area contributed by atoms with Gasteiger partial charge < -0.3 is 5.32 Å². The molecule has 2 rings (SSSR count). The third-order valence-electron chi connectivity index (χ3n) is 1.95. The summed E-state index contributed by atoms with van der Waals surface area (Å²) in [6, 6.07) is 1.79. The molecular formula is C10H16N8. The molecule has 0 aliphatic carbocycles. The SMILES string of the molecule is CC(C)(C)Nc1nc(NN)nc(-n2cccn2)n1. The predicted octanol–water partition coefficient (Wildman–Crippen LogP) is 0.553. The van der Waals surface area contributed by atoms with E-state index in [2.05, 4.69) is 30.8 Å². The Morgan fingerprint density at radius 2 is 1.89 bits per heavy atom. The van der Waals surface area contributed by atoms with Gasteiger partial charge in [0.25, 0.3) is 5.95 Å². The maximum atomic E-state index is 5.34. The molecule has 2 aromatic rings. The number of nitrogen functional groups attached to an aromatic ring is 1. The van der Waals surface area contributed by atoms with Crippen LogP contribution in [0.2, 0.25) is 0 Å². The normalized spacial score (nSPS) is 11.3. The predicted molar refractivity (Wildman–Crippen MR) is 68.1 cm³/mol. The van der Waals surface area contributed by atoms with Crippen molar-refractivity contribution >= 4 is 11.9 Å². The van der Waals surface area contributed by atoms with E-state index < -0.39 is 0 Å². The fourth-order valence-corrected chi connectivity index (χ4v) is 1.31. The molecule has 0 aromatic carbocycles. The highest BCUT2D eigenvalue weighted by molar-refractivity contribution is 5.38. The lowest BCUT2D eigenvalue weighted by atomic mass is 10.1. The van der Waals surface area contributed by atoms with Crippen LogP contribution in [0.25, 0.3) is 5.95 Å². The van der Waals surface area contributed by atoms with Crippen molar-refractivity contribution in [1.29, 1.82) is 0 Å². The molecule has 0 spiro atoms. The lowest BCUT2D eigenvalue weighted by Gasteiger charge is -2.20. The van der Waals surface area contributed by atoms with E-state index in [0.717, 1.165) is 0 Å². The average molecular weight is 248 g/mol. The van der Waals surface area contributed by atoms with E-state index in [1.807, 2.05) is 20.8 Å². The number of hydrogen-bond donors (Lipinski definition) is 3. The van der Waals surface area contributed by atoms with E-state index >= 15 is 0 Å². The van der Waals surface area contributed by atoms with Gasteiger partial charge in [-0.05, 0) is 26.8 Å². The Kier molecular flexibility index (Phi) is 3.11. The molecule has 2 aromatic heterocycles. The second-order valence-electron chi connectivity index (χ2n) is 4.75. The number of anilines is 2. The van der Waals surface area contributed by atoms with Crippen molar-refractivity contribution in [2.75, 3.05) is 10.7 Å². The Morgan fingerprint density at radius 1 is 1.17 bits per heavy atom. The molecule has 2 heterocycles. The maximum Gasteiger partial charge on any atom is 0.257 e. The van der Waals surface area contributed by atoms with Crippen molar-refractivity contribution in [2.24, 2.45) is 5.84 Å². The summed E-state index contributed by atoms with van der Waals surface area (Å²) >= 11 is 0. The van der Waals surface area contributed by atoms with Crippen LogP contribution in [0, 0.1) is 0 Å². The number of nitrogens with two attached hydrogens (primary N) is 1. The van der Waals surface area contributed by atoms with Crippen LogP contribution >= 0.6 is 0 Å². The van der Waals surface area contributed by atoms with Gasteiger partial charge >= 0.3 is 0 Å². The number of hydrogen-bond acceptors (Lipinski definition) is 7. The second kappa shape index (κ2) is 4.57. The Bertz CT molecular complexity index is 513. The summed E-state index contributed by atoms with van der Waals surface area (Å²) in [5, 5.41) is 7.23. The van der Waals surface area contributed by atoms with Gasteiger partial charge in [0, 0.05) is 17.9 Å². The van der Waals surface area contributed by atoms with Crippen molar-refractivity contribution in [3.8, 4) is 5.95 Å². The number of rotatable bonds is 3. The molecule has 0 bridgehead atoms. The number of nitrogens with one attached hydrogen (secondary N) is 2. The highest BCUT2D eigenvalue weighted by Crippen LogP contribution is 2.12.